The maximum Gasteiger partial charge on any atom is 0.237 e. The number of hydrogen-bond acceptors (Lipinski definition) is 4. The van der Waals surface area contributed by atoms with Gasteiger partial charge in [0.05, 0.1) is 5.75 Å². The van der Waals surface area contributed by atoms with Gasteiger partial charge in [-0.1, -0.05) is 6.42 Å². The number of nitrogens with one attached hydrogen (secondary N) is 1. The van der Waals surface area contributed by atoms with Crippen molar-refractivity contribution in [2.75, 3.05) is 18.8 Å². The van der Waals surface area contributed by atoms with E-state index in [1.54, 1.807) is 0 Å². The minimum Gasteiger partial charge on any atom is -0.314 e. The molecule has 0 aliphatic carbocycles. The second-order valence-electron chi connectivity index (χ2n) is 4.82. The van der Waals surface area contributed by atoms with Crippen molar-refractivity contribution >= 4 is 15.9 Å². The number of carbonyl (C=O) groups excluding carboxylic acids is 1. The van der Waals surface area contributed by atoms with Crippen molar-refractivity contribution in [3.63, 3.8) is 0 Å². The third-order valence-electron chi connectivity index (χ3n) is 3.50. The first-order valence-electron chi connectivity index (χ1n) is 6.36. The van der Waals surface area contributed by atoms with Gasteiger partial charge < -0.3 is 5.32 Å². The number of sulfonamides is 1. The van der Waals surface area contributed by atoms with Gasteiger partial charge in [-0.05, 0) is 32.2 Å². The monoisotopic (exact) mass is 260 g/mol. The van der Waals surface area contributed by atoms with Crippen LogP contribution in [0.25, 0.3) is 0 Å². The average Bonchev–Trinajstić information content (AvgIpc) is 2.29. The zero-order chi connectivity index (χ0) is 12.3. The van der Waals surface area contributed by atoms with Crippen molar-refractivity contribution in [1.82, 2.24) is 9.62 Å². The third-order valence-corrected chi connectivity index (χ3v) is 5.36. The van der Waals surface area contributed by atoms with Gasteiger partial charge in [-0.3, -0.25) is 4.79 Å². The fourth-order valence-electron chi connectivity index (χ4n) is 2.50. The van der Waals surface area contributed by atoms with Crippen LogP contribution in [0, 0.1) is 0 Å². The Morgan fingerprint density at radius 1 is 1.29 bits per heavy atom. The van der Waals surface area contributed by atoms with Gasteiger partial charge in [0.25, 0.3) is 0 Å². The molecule has 2 heterocycles. The molecule has 1 atom stereocenters. The molecule has 0 radical (unpaired) electrons. The van der Waals surface area contributed by atoms with Crippen LogP contribution in [-0.4, -0.2) is 43.5 Å². The Balaban J connectivity index is 1.89. The van der Waals surface area contributed by atoms with Crippen molar-refractivity contribution in [1.29, 1.82) is 0 Å². The molecule has 17 heavy (non-hydrogen) atoms. The van der Waals surface area contributed by atoms with Crippen molar-refractivity contribution in [2.24, 2.45) is 0 Å². The summed E-state index contributed by atoms with van der Waals surface area (Å²) in [7, 11) is -3.32. The largest absolute Gasteiger partial charge is 0.314 e. The summed E-state index contributed by atoms with van der Waals surface area (Å²) in [4.78, 5) is 11.6. The zero-order valence-corrected chi connectivity index (χ0v) is 10.8. The minimum absolute atomic E-state index is 0.122. The van der Waals surface area contributed by atoms with Crippen molar-refractivity contribution in [2.45, 2.75) is 44.6 Å². The van der Waals surface area contributed by atoms with Gasteiger partial charge in [0.2, 0.25) is 15.9 Å². The maximum atomic E-state index is 11.7. The molecule has 2 aliphatic rings. The fourth-order valence-corrected chi connectivity index (χ4v) is 4.02. The summed E-state index contributed by atoms with van der Waals surface area (Å²) in [6, 6.07) is 0.369. The van der Waals surface area contributed by atoms with Crippen molar-refractivity contribution in [3.8, 4) is 0 Å². The topological polar surface area (TPSA) is 66.5 Å². The highest BCUT2D eigenvalue weighted by atomic mass is 32.2. The average molecular weight is 260 g/mol. The summed E-state index contributed by atoms with van der Waals surface area (Å²) in [5.74, 6) is -0.108. The Morgan fingerprint density at radius 2 is 2.12 bits per heavy atom. The highest BCUT2D eigenvalue weighted by molar-refractivity contribution is 7.89. The number of carbonyl (C=O) groups is 1. The van der Waals surface area contributed by atoms with Gasteiger partial charge in [-0.2, -0.15) is 0 Å². The van der Waals surface area contributed by atoms with E-state index in [2.05, 4.69) is 5.32 Å². The lowest BCUT2D eigenvalue weighted by Gasteiger charge is -2.29. The molecule has 0 spiro atoms. The Bertz CT molecular complexity index is 374. The van der Waals surface area contributed by atoms with Crippen LogP contribution in [0.15, 0.2) is 0 Å². The number of amides is 1. The number of hydrogen-bond donors (Lipinski definition) is 1. The summed E-state index contributed by atoms with van der Waals surface area (Å²) in [5.41, 5.74) is 0. The van der Waals surface area contributed by atoms with E-state index in [-0.39, 0.29) is 11.7 Å². The molecule has 0 aromatic heterocycles. The molecular weight excluding hydrogens is 240 g/mol. The van der Waals surface area contributed by atoms with Crippen LogP contribution in [0.4, 0.5) is 0 Å². The van der Waals surface area contributed by atoms with Gasteiger partial charge in [0, 0.05) is 19.0 Å². The molecular formula is C11H20N2O3S. The smallest absolute Gasteiger partial charge is 0.237 e. The maximum absolute atomic E-state index is 11.7. The van der Waals surface area contributed by atoms with E-state index in [1.807, 2.05) is 0 Å². The zero-order valence-electron chi connectivity index (χ0n) is 10.0. The summed E-state index contributed by atoms with van der Waals surface area (Å²) in [6.45, 7) is 1.35. The first-order valence-corrected chi connectivity index (χ1v) is 7.97. The Hall–Kier alpha value is -0.620. The Kier molecular flexibility index (Phi) is 4.04. The van der Waals surface area contributed by atoms with E-state index in [0.717, 1.165) is 23.7 Å². The first kappa shape index (κ1) is 12.8. The molecule has 1 amide bonds. The SMILES string of the molecule is O=C1CCCS(=O)(=O)N1CCC1CCCCN1. The predicted molar refractivity (Wildman–Crippen MR) is 65.0 cm³/mol. The number of rotatable bonds is 3. The lowest BCUT2D eigenvalue weighted by atomic mass is 10.0. The van der Waals surface area contributed by atoms with E-state index < -0.39 is 10.0 Å². The van der Waals surface area contributed by atoms with Crippen LogP contribution in [0.2, 0.25) is 0 Å². The molecule has 0 aromatic rings. The summed E-state index contributed by atoms with van der Waals surface area (Å²) >= 11 is 0. The Labute approximate surface area is 103 Å². The highest BCUT2D eigenvalue weighted by Gasteiger charge is 2.31. The molecule has 5 nitrogen and oxygen atoms in total. The van der Waals surface area contributed by atoms with E-state index in [9.17, 15) is 13.2 Å². The van der Waals surface area contributed by atoms with Crippen LogP contribution in [0.1, 0.15) is 38.5 Å². The van der Waals surface area contributed by atoms with Crippen molar-refractivity contribution in [3.05, 3.63) is 0 Å². The molecule has 1 N–H and O–H groups in total. The first-order chi connectivity index (χ1) is 8.09. The second kappa shape index (κ2) is 5.35. The fraction of sp³-hybridized carbons (Fsp3) is 0.909. The summed E-state index contributed by atoms with van der Waals surface area (Å²) in [5, 5.41) is 3.37. The molecule has 2 fully saturated rings. The lowest BCUT2D eigenvalue weighted by Crippen LogP contribution is -2.45. The van der Waals surface area contributed by atoms with Crippen LogP contribution in [0.3, 0.4) is 0 Å². The Morgan fingerprint density at radius 3 is 2.76 bits per heavy atom. The molecule has 2 rings (SSSR count). The van der Waals surface area contributed by atoms with Gasteiger partial charge in [0.15, 0.2) is 0 Å². The molecule has 1 unspecified atom stereocenters. The summed E-state index contributed by atoms with van der Waals surface area (Å²) in [6.07, 6.45) is 5.06. The number of piperidine rings is 1. The molecule has 98 valence electrons. The molecule has 2 saturated heterocycles. The molecule has 2 aliphatic heterocycles. The van der Waals surface area contributed by atoms with Crippen LogP contribution >= 0.6 is 0 Å². The van der Waals surface area contributed by atoms with E-state index in [0.29, 0.717) is 25.4 Å². The molecule has 0 bridgehead atoms. The lowest BCUT2D eigenvalue weighted by molar-refractivity contribution is -0.127. The molecule has 0 aromatic carbocycles. The third kappa shape index (κ3) is 3.19. The van der Waals surface area contributed by atoms with E-state index >= 15 is 0 Å². The highest BCUT2D eigenvalue weighted by Crippen LogP contribution is 2.17. The van der Waals surface area contributed by atoms with Crippen LogP contribution < -0.4 is 5.32 Å². The molecule has 0 saturated carbocycles. The quantitative estimate of drug-likeness (QED) is 0.801. The number of nitrogens with zero attached hydrogens (tertiary/aromatic N) is 1. The van der Waals surface area contributed by atoms with Crippen LogP contribution in [-0.2, 0) is 14.8 Å². The summed E-state index contributed by atoms with van der Waals surface area (Å²) < 4.78 is 24.6. The molecule has 6 heteroatoms. The van der Waals surface area contributed by atoms with E-state index in [4.69, 9.17) is 0 Å². The van der Waals surface area contributed by atoms with E-state index in [1.165, 1.54) is 12.8 Å². The normalized spacial score (nSPS) is 29.3. The predicted octanol–water partition coefficient (Wildman–Crippen LogP) is 0.471. The van der Waals surface area contributed by atoms with Gasteiger partial charge in [-0.15, -0.1) is 0 Å². The van der Waals surface area contributed by atoms with Gasteiger partial charge in [-0.25, -0.2) is 12.7 Å². The van der Waals surface area contributed by atoms with Gasteiger partial charge in [0.1, 0.15) is 0 Å². The van der Waals surface area contributed by atoms with Crippen LogP contribution in [0.5, 0.6) is 0 Å². The van der Waals surface area contributed by atoms with Gasteiger partial charge >= 0.3 is 0 Å². The minimum atomic E-state index is -3.32. The standard InChI is InChI=1S/C11H20N2O3S/c14-11-5-3-9-17(15,16)13(11)8-6-10-4-1-2-7-12-10/h10,12H,1-9H2. The second-order valence-corrected chi connectivity index (χ2v) is 6.83. The van der Waals surface area contributed by atoms with Crippen molar-refractivity contribution < 1.29 is 13.2 Å².